The van der Waals surface area contributed by atoms with Crippen LogP contribution in [-0.4, -0.2) is 16.5 Å². The van der Waals surface area contributed by atoms with E-state index in [1.54, 1.807) is 31.2 Å². The Hall–Kier alpha value is -3.02. The van der Waals surface area contributed by atoms with Crippen molar-refractivity contribution in [3.8, 4) is 0 Å². The van der Waals surface area contributed by atoms with E-state index >= 15 is 0 Å². The zero-order valence-corrected chi connectivity index (χ0v) is 14.7. The van der Waals surface area contributed by atoms with Crippen molar-refractivity contribution in [2.24, 2.45) is 5.10 Å². The molecule has 2 rings (SSSR count). The molecule has 0 aliphatic heterocycles. The van der Waals surface area contributed by atoms with E-state index in [0.717, 1.165) is 5.56 Å². The van der Waals surface area contributed by atoms with Crippen molar-refractivity contribution in [3.05, 3.63) is 75.3 Å². The Bertz CT molecular complexity index is 801. The van der Waals surface area contributed by atoms with Gasteiger partial charge in [-0.15, -0.1) is 0 Å². The van der Waals surface area contributed by atoms with E-state index in [2.05, 4.69) is 31.3 Å². The fraction of sp³-hybridized carbons (Fsp3) is 0.263. The lowest BCUT2D eigenvalue weighted by Gasteiger charge is -2.18. The van der Waals surface area contributed by atoms with Gasteiger partial charge in [0, 0.05) is 17.7 Å². The number of nitro benzene ring substituents is 1. The largest absolute Gasteiger partial charge is 0.271 e. The zero-order valence-electron chi connectivity index (χ0n) is 14.7. The highest BCUT2D eigenvalue weighted by molar-refractivity contribution is 6.01. The van der Waals surface area contributed by atoms with Crippen LogP contribution >= 0.6 is 0 Å². The van der Waals surface area contributed by atoms with Crippen molar-refractivity contribution in [2.75, 3.05) is 0 Å². The lowest BCUT2D eigenvalue weighted by Crippen LogP contribution is -2.20. The first-order valence-corrected chi connectivity index (χ1v) is 7.88. The smallest absolute Gasteiger partial charge is 0.267 e. The number of nitro groups is 1. The molecule has 0 saturated carbocycles. The van der Waals surface area contributed by atoms with Gasteiger partial charge >= 0.3 is 0 Å². The molecule has 0 fully saturated rings. The Kier molecular flexibility index (Phi) is 5.32. The number of hydrogen-bond acceptors (Lipinski definition) is 4. The Balaban J connectivity index is 2.07. The summed E-state index contributed by atoms with van der Waals surface area (Å²) in [5.41, 5.74) is 5.49. The molecule has 2 aromatic rings. The van der Waals surface area contributed by atoms with Gasteiger partial charge in [-0.2, -0.15) is 5.10 Å². The Morgan fingerprint density at radius 1 is 1.00 bits per heavy atom. The second kappa shape index (κ2) is 7.25. The molecule has 0 aliphatic carbocycles. The van der Waals surface area contributed by atoms with Gasteiger partial charge in [0.15, 0.2) is 0 Å². The molecule has 130 valence electrons. The van der Waals surface area contributed by atoms with Gasteiger partial charge in [-0.25, -0.2) is 5.43 Å². The number of nitrogens with zero attached hydrogens (tertiary/aromatic N) is 2. The van der Waals surface area contributed by atoms with Crippen LogP contribution in [0, 0.1) is 10.1 Å². The molecule has 0 saturated heterocycles. The fourth-order valence-corrected chi connectivity index (χ4v) is 2.21. The number of amides is 1. The fourth-order valence-electron chi connectivity index (χ4n) is 2.21. The number of benzene rings is 2. The van der Waals surface area contributed by atoms with Gasteiger partial charge in [-0.05, 0) is 47.7 Å². The molecule has 0 aliphatic rings. The van der Waals surface area contributed by atoms with Crippen LogP contribution in [0.1, 0.15) is 49.2 Å². The first-order valence-electron chi connectivity index (χ1n) is 7.88. The summed E-state index contributed by atoms with van der Waals surface area (Å²) in [4.78, 5) is 22.4. The highest BCUT2D eigenvalue weighted by Gasteiger charge is 2.14. The van der Waals surface area contributed by atoms with Crippen molar-refractivity contribution in [1.29, 1.82) is 0 Å². The van der Waals surface area contributed by atoms with E-state index in [4.69, 9.17) is 0 Å². The van der Waals surface area contributed by atoms with Crippen LogP contribution in [0.5, 0.6) is 0 Å². The number of carbonyl (C=O) groups excluding carboxylic acids is 1. The lowest BCUT2D eigenvalue weighted by molar-refractivity contribution is -0.384. The lowest BCUT2D eigenvalue weighted by atomic mass is 9.87. The van der Waals surface area contributed by atoms with Crippen molar-refractivity contribution in [1.82, 2.24) is 5.43 Å². The normalized spacial score (nSPS) is 11.9. The minimum atomic E-state index is -0.459. The highest BCUT2D eigenvalue weighted by atomic mass is 16.6. The SMILES string of the molecule is C/C(=N\NC(=O)c1ccc(C(C)(C)C)cc1)c1ccc([N+](=O)[O-])cc1. The average molecular weight is 339 g/mol. The van der Waals surface area contributed by atoms with E-state index in [0.29, 0.717) is 16.8 Å². The van der Waals surface area contributed by atoms with Crippen LogP contribution in [0.15, 0.2) is 53.6 Å². The van der Waals surface area contributed by atoms with Gasteiger partial charge in [0.1, 0.15) is 0 Å². The number of nitrogens with one attached hydrogen (secondary N) is 1. The van der Waals surface area contributed by atoms with Crippen molar-refractivity contribution >= 4 is 17.3 Å². The average Bonchev–Trinajstić information content (AvgIpc) is 2.58. The summed E-state index contributed by atoms with van der Waals surface area (Å²) in [5.74, 6) is -0.304. The molecule has 0 heterocycles. The van der Waals surface area contributed by atoms with Crippen molar-refractivity contribution in [3.63, 3.8) is 0 Å². The molecule has 6 nitrogen and oxygen atoms in total. The second-order valence-corrected chi connectivity index (χ2v) is 6.77. The molecule has 1 amide bonds. The molecule has 0 unspecified atom stereocenters. The Labute approximate surface area is 146 Å². The molecule has 0 spiro atoms. The number of rotatable bonds is 4. The molecule has 1 N–H and O–H groups in total. The maximum atomic E-state index is 12.2. The van der Waals surface area contributed by atoms with Gasteiger partial charge in [0.05, 0.1) is 10.6 Å². The molecule has 0 atom stereocenters. The molecule has 0 radical (unpaired) electrons. The van der Waals surface area contributed by atoms with Crippen molar-refractivity contribution in [2.45, 2.75) is 33.1 Å². The quantitative estimate of drug-likeness (QED) is 0.518. The summed E-state index contributed by atoms with van der Waals surface area (Å²) >= 11 is 0. The topological polar surface area (TPSA) is 84.6 Å². The molecule has 6 heteroatoms. The van der Waals surface area contributed by atoms with E-state index < -0.39 is 4.92 Å². The van der Waals surface area contributed by atoms with Crippen LogP contribution < -0.4 is 5.43 Å². The zero-order chi connectivity index (χ0) is 18.6. The Morgan fingerprint density at radius 2 is 1.52 bits per heavy atom. The van der Waals surface area contributed by atoms with E-state index in [9.17, 15) is 14.9 Å². The van der Waals surface area contributed by atoms with Gasteiger partial charge < -0.3 is 0 Å². The van der Waals surface area contributed by atoms with Crippen LogP contribution in [0.2, 0.25) is 0 Å². The summed E-state index contributed by atoms with van der Waals surface area (Å²) in [5, 5.41) is 14.7. The number of non-ortho nitro benzene ring substituents is 1. The highest BCUT2D eigenvalue weighted by Crippen LogP contribution is 2.22. The summed E-state index contributed by atoms with van der Waals surface area (Å²) < 4.78 is 0. The van der Waals surface area contributed by atoms with E-state index in [1.807, 2.05) is 12.1 Å². The summed E-state index contributed by atoms with van der Waals surface area (Å²) in [6.07, 6.45) is 0. The standard InChI is InChI=1S/C19H21N3O3/c1-13(14-7-11-17(12-8-14)22(24)25)20-21-18(23)15-5-9-16(10-6-15)19(2,3)4/h5-12H,1-4H3,(H,21,23)/b20-13+. The molecule has 2 aromatic carbocycles. The van der Waals surface area contributed by atoms with Gasteiger partial charge in [0.25, 0.3) is 11.6 Å². The third-order valence-corrected chi connectivity index (χ3v) is 3.83. The van der Waals surface area contributed by atoms with E-state index in [1.165, 1.54) is 12.1 Å². The number of hydrogen-bond donors (Lipinski definition) is 1. The van der Waals surface area contributed by atoms with Gasteiger partial charge in [0.2, 0.25) is 0 Å². The second-order valence-electron chi connectivity index (χ2n) is 6.77. The predicted octanol–water partition coefficient (Wildman–Crippen LogP) is 4.05. The van der Waals surface area contributed by atoms with Gasteiger partial charge in [-0.1, -0.05) is 32.9 Å². The molecule has 25 heavy (non-hydrogen) atoms. The summed E-state index contributed by atoms with van der Waals surface area (Å²) in [6, 6.07) is 13.4. The van der Waals surface area contributed by atoms with Crippen LogP contribution in [0.25, 0.3) is 0 Å². The number of hydrazone groups is 1. The third-order valence-electron chi connectivity index (χ3n) is 3.83. The maximum Gasteiger partial charge on any atom is 0.271 e. The van der Waals surface area contributed by atoms with E-state index in [-0.39, 0.29) is 17.0 Å². The van der Waals surface area contributed by atoms with Crippen LogP contribution in [0.3, 0.4) is 0 Å². The Morgan fingerprint density at radius 3 is 2.00 bits per heavy atom. The first kappa shape index (κ1) is 18.3. The summed E-state index contributed by atoms with van der Waals surface area (Å²) in [7, 11) is 0. The van der Waals surface area contributed by atoms with Gasteiger partial charge in [-0.3, -0.25) is 14.9 Å². The monoisotopic (exact) mass is 339 g/mol. The van der Waals surface area contributed by atoms with Crippen molar-refractivity contribution < 1.29 is 9.72 Å². The van der Waals surface area contributed by atoms with Crippen LogP contribution in [0.4, 0.5) is 5.69 Å². The minimum absolute atomic E-state index is 0.0134. The molecule has 0 aromatic heterocycles. The number of carbonyl (C=O) groups is 1. The maximum absolute atomic E-state index is 12.2. The first-order chi connectivity index (χ1) is 11.7. The summed E-state index contributed by atoms with van der Waals surface area (Å²) in [6.45, 7) is 8.06. The third kappa shape index (κ3) is 4.73. The molecular weight excluding hydrogens is 318 g/mol. The molecule has 0 bridgehead atoms. The molecular formula is C19H21N3O3. The minimum Gasteiger partial charge on any atom is -0.267 e. The van der Waals surface area contributed by atoms with Crippen LogP contribution in [-0.2, 0) is 5.41 Å². The predicted molar refractivity (Wildman–Crippen MR) is 97.9 cm³/mol.